The maximum Gasteiger partial charge on any atom is 0.189 e. The monoisotopic (exact) mass is 256 g/mol. The lowest BCUT2D eigenvalue weighted by Gasteiger charge is -2.12. The summed E-state index contributed by atoms with van der Waals surface area (Å²) in [5.41, 5.74) is 4.56. The van der Waals surface area contributed by atoms with Gasteiger partial charge in [0.15, 0.2) is 5.78 Å². The van der Waals surface area contributed by atoms with Crippen LogP contribution in [0.1, 0.15) is 54.4 Å². The second-order valence-electron chi connectivity index (χ2n) is 5.36. The number of allylic oxidation sites excluding steroid dienone is 2. The fourth-order valence-corrected chi connectivity index (χ4v) is 3.07. The highest BCUT2D eigenvalue weighted by Crippen LogP contribution is 2.40. The Morgan fingerprint density at radius 1 is 0.789 bits per heavy atom. The molecule has 19 heavy (non-hydrogen) atoms. The highest BCUT2D eigenvalue weighted by atomic mass is 16.5. The van der Waals surface area contributed by atoms with Crippen molar-refractivity contribution in [1.29, 1.82) is 0 Å². The molecule has 0 bridgehead atoms. The molecule has 100 valence electrons. The van der Waals surface area contributed by atoms with Crippen LogP contribution < -0.4 is 0 Å². The number of ether oxygens (including phenoxy) is 1. The minimum Gasteiger partial charge on any atom is -0.381 e. The van der Waals surface area contributed by atoms with Crippen molar-refractivity contribution in [3.8, 4) is 0 Å². The first-order chi connectivity index (χ1) is 9.38. The third-order valence-corrected chi connectivity index (χ3v) is 4.07. The Morgan fingerprint density at radius 2 is 1.42 bits per heavy atom. The summed E-state index contributed by atoms with van der Waals surface area (Å²) in [7, 11) is 0. The molecule has 2 aliphatic carbocycles. The molecular weight excluding hydrogens is 236 g/mol. The summed E-state index contributed by atoms with van der Waals surface area (Å²) in [6.45, 7) is 2.00. The van der Waals surface area contributed by atoms with Crippen molar-refractivity contribution < 1.29 is 9.53 Å². The summed E-state index contributed by atoms with van der Waals surface area (Å²) >= 11 is 0. The quantitative estimate of drug-likeness (QED) is 0.701. The van der Waals surface area contributed by atoms with E-state index < -0.39 is 0 Å². The number of Topliss-reactive ketones (excluding diaryl/α,β-unsaturated/α-hetero) is 1. The van der Waals surface area contributed by atoms with Gasteiger partial charge in [-0.1, -0.05) is 24.3 Å². The number of fused-ring (bicyclic) bond motifs is 2. The summed E-state index contributed by atoms with van der Waals surface area (Å²) in [5.74, 6) is 0.287. The largest absolute Gasteiger partial charge is 0.381 e. The topological polar surface area (TPSA) is 26.3 Å². The average molecular weight is 256 g/mol. The molecule has 1 aromatic rings. The van der Waals surface area contributed by atoms with Crippen molar-refractivity contribution in [2.24, 2.45) is 0 Å². The highest BCUT2D eigenvalue weighted by Gasteiger charge is 2.29. The van der Waals surface area contributed by atoms with E-state index in [9.17, 15) is 4.79 Å². The SMILES string of the molecule is C1CCOC1.O=C1C2=C(CCCC2)c2ccccc21. The maximum absolute atomic E-state index is 12.0. The Balaban J connectivity index is 0.000000187. The molecule has 0 aromatic heterocycles. The van der Waals surface area contributed by atoms with Crippen molar-refractivity contribution >= 4 is 11.4 Å². The zero-order valence-electron chi connectivity index (χ0n) is 11.3. The lowest BCUT2D eigenvalue weighted by atomic mass is 9.92. The van der Waals surface area contributed by atoms with Crippen LogP contribution in [0.5, 0.6) is 0 Å². The van der Waals surface area contributed by atoms with Gasteiger partial charge in [-0.3, -0.25) is 4.79 Å². The van der Waals surface area contributed by atoms with Crippen LogP contribution in [-0.2, 0) is 4.74 Å². The van der Waals surface area contributed by atoms with Gasteiger partial charge in [0.05, 0.1) is 0 Å². The number of hydrogen-bond acceptors (Lipinski definition) is 2. The van der Waals surface area contributed by atoms with Crippen molar-refractivity contribution in [1.82, 2.24) is 0 Å². The second-order valence-corrected chi connectivity index (χ2v) is 5.36. The first kappa shape index (κ1) is 12.6. The molecule has 0 atom stereocenters. The molecule has 0 N–H and O–H groups in total. The number of carbonyl (C=O) groups excluding carboxylic acids is 1. The van der Waals surface area contributed by atoms with E-state index in [2.05, 4.69) is 6.07 Å². The van der Waals surface area contributed by atoms with E-state index in [4.69, 9.17) is 4.74 Å². The third-order valence-electron chi connectivity index (χ3n) is 4.07. The van der Waals surface area contributed by atoms with Crippen LogP contribution in [0.25, 0.3) is 5.57 Å². The van der Waals surface area contributed by atoms with Gasteiger partial charge in [0.1, 0.15) is 0 Å². The minimum atomic E-state index is 0.287. The van der Waals surface area contributed by atoms with Crippen LogP contribution in [0.4, 0.5) is 0 Å². The molecule has 2 nitrogen and oxygen atoms in total. The van der Waals surface area contributed by atoms with Crippen LogP contribution in [0, 0.1) is 0 Å². The molecule has 0 unspecified atom stereocenters. The fourth-order valence-electron chi connectivity index (χ4n) is 3.07. The predicted octanol–water partition coefficient (Wildman–Crippen LogP) is 4.01. The van der Waals surface area contributed by atoms with E-state index >= 15 is 0 Å². The van der Waals surface area contributed by atoms with Crippen LogP contribution in [-0.4, -0.2) is 19.0 Å². The number of hydrogen-bond donors (Lipinski definition) is 0. The number of benzene rings is 1. The minimum absolute atomic E-state index is 0.287. The summed E-state index contributed by atoms with van der Waals surface area (Å²) in [6.07, 6.45) is 7.06. The Kier molecular flexibility index (Phi) is 3.79. The summed E-state index contributed by atoms with van der Waals surface area (Å²) in [4.78, 5) is 12.0. The van der Waals surface area contributed by atoms with Crippen LogP contribution in [0.2, 0.25) is 0 Å². The van der Waals surface area contributed by atoms with Gasteiger partial charge < -0.3 is 4.74 Å². The van der Waals surface area contributed by atoms with Crippen molar-refractivity contribution in [2.75, 3.05) is 13.2 Å². The van der Waals surface area contributed by atoms with Gasteiger partial charge in [-0.05, 0) is 49.7 Å². The molecule has 0 spiro atoms. The van der Waals surface area contributed by atoms with E-state index in [0.29, 0.717) is 0 Å². The molecule has 0 saturated carbocycles. The molecule has 1 aromatic carbocycles. The average Bonchev–Trinajstić information content (AvgIpc) is 3.12. The van der Waals surface area contributed by atoms with Gasteiger partial charge in [0, 0.05) is 24.4 Å². The number of carbonyl (C=O) groups is 1. The Morgan fingerprint density at radius 3 is 2.05 bits per heavy atom. The molecular formula is C17H20O2. The molecule has 2 heteroatoms. The second kappa shape index (κ2) is 5.70. The summed E-state index contributed by atoms with van der Waals surface area (Å²) in [6, 6.07) is 8.02. The van der Waals surface area contributed by atoms with E-state index in [1.165, 1.54) is 36.8 Å². The zero-order valence-corrected chi connectivity index (χ0v) is 11.3. The Bertz CT molecular complexity index is 502. The van der Waals surface area contributed by atoms with Gasteiger partial charge in [-0.2, -0.15) is 0 Å². The van der Waals surface area contributed by atoms with E-state index in [1.54, 1.807) is 0 Å². The molecule has 1 saturated heterocycles. The molecule has 1 heterocycles. The fraction of sp³-hybridized carbons (Fsp3) is 0.471. The highest BCUT2D eigenvalue weighted by molar-refractivity contribution is 6.20. The first-order valence-corrected chi connectivity index (χ1v) is 7.32. The van der Waals surface area contributed by atoms with Crippen LogP contribution in [0.3, 0.4) is 0 Å². The summed E-state index contributed by atoms with van der Waals surface area (Å²) < 4.78 is 4.94. The zero-order chi connectivity index (χ0) is 13.1. The smallest absolute Gasteiger partial charge is 0.189 e. The molecule has 3 aliphatic rings. The van der Waals surface area contributed by atoms with Crippen LogP contribution >= 0.6 is 0 Å². The number of rotatable bonds is 0. The molecule has 1 aliphatic heterocycles. The Labute approximate surface area is 114 Å². The normalized spacial score (nSPS) is 20.7. The predicted molar refractivity (Wildman–Crippen MR) is 76.2 cm³/mol. The molecule has 0 radical (unpaired) electrons. The number of ketones is 1. The first-order valence-electron chi connectivity index (χ1n) is 7.32. The maximum atomic E-state index is 12.0. The van der Waals surface area contributed by atoms with E-state index in [-0.39, 0.29) is 5.78 Å². The van der Waals surface area contributed by atoms with Gasteiger partial charge >= 0.3 is 0 Å². The van der Waals surface area contributed by atoms with Gasteiger partial charge in [0.25, 0.3) is 0 Å². The van der Waals surface area contributed by atoms with Crippen molar-refractivity contribution in [3.05, 3.63) is 41.0 Å². The molecule has 1 fully saturated rings. The summed E-state index contributed by atoms with van der Waals surface area (Å²) in [5, 5.41) is 0. The van der Waals surface area contributed by atoms with Gasteiger partial charge in [-0.15, -0.1) is 0 Å². The Hall–Kier alpha value is -1.41. The van der Waals surface area contributed by atoms with Crippen LogP contribution in [0.15, 0.2) is 29.8 Å². The lowest BCUT2D eigenvalue weighted by Crippen LogP contribution is -2.01. The standard InChI is InChI=1S/C13H12O.C4H8O/c14-13-11-7-3-1-5-9(11)10-6-2-4-8-12(10)13;1-2-4-5-3-1/h1,3,5,7H,2,4,6,8H2;1-4H2. The van der Waals surface area contributed by atoms with Crippen molar-refractivity contribution in [3.63, 3.8) is 0 Å². The van der Waals surface area contributed by atoms with E-state index in [0.717, 1.165) is 37.2 Å². The van der Waals surface area contributed by atoms with Gasteiger partial charge in [0.2, 0.25) is 0 Å². The van der Waals surface area contributed by atoms with Crippen molar-refractivity contribution in [2.45, 2.75) is 38.5 Å². The molecule has 0 amide bonds. The molecule has 4 rings (SSSR count). The lowest BCUT2D eigenvalue weighted by molar-refractivity contribution is 0.103. The third kappa shape index (κ3) is 2.50. The van der Waals surface area contributed by atoms with E-state index in [1.807, 2.05) is 18.2 Å². The van der Waals surface area contributed by atoms with Gasteiger partial charge in [-0.25, -0.2) is 0 Å².